The zero-order valence-corrected chi connectivity index (χ0v) is 21.5. The second-order valence-electron chi connectivity index (χ2n) is 7.76. The highest BCUT2D eigenvalue weighted by Gasteiger charge is 2.53. The van der Waals surface area contributed by atoms with E-state index in [9.17, 15) is 24.3 Å². The highest BCUT2D eigenvalue weighted by atomic mass is 32.2. The van der Waals surface area contributed by atoms with Gasteiger partial charge in [-0.2, -0.15) is 13.8 Å². The molecule has 0 aliphatic carbocycles. The van der Waals surface area contributed by atoms with Crippen LogP contribution >= 0.6 is 34.6 Å². The van der Waals surface area contributed by atoms with Crippen LogP contribution in [0.4, 0.5) is 5.13 Å². The van der Waals surface area contributed by atoms with E-state index in [1.807, 2.05) is 5.38 Å². The molecule has 2 aliphatic rings. The number of aliphatic carboxylic acids is 1. The van der Waals surface area contributed by atoms with Crippen LogP contribution in [0.3, 0.4) is 0 Å². The molecule has 3 aromatic rings. The molecule has 0 bridgehead atoms. The highest BCUT2D eigenvalue weighted by Crippen LogP contribution is 2.40. The third kappa shape index (κ3) is 4.34. The monoisotopic (exact) mass is 562 g/mol. The second kappa shape index (κ2) is 9.91. The Morgan fingerprint density at radius 3 is 2.95 bits per heavy atom. The number of imidazole rings is 1. The van der Waals surface area contributed by atoms with Crippen LogP contribution < -0.4 is 20.7 Å². The summed E-state index contributed by atoms with van der Waals surface area (Å²) in [4.78, 5) is 60.6. The SMILES string of the molecule is CCO/N=C(\C(=O)N[C@@H]1C(=O)N2C(C(=O)[O-])=C(C[n+]3cc4sccn4c3C=O)CS[C@H]12)c1nsc(N)n1. The van der Waals surface area contributed by atoms with E-state index in [2.05, 4.69) is 19.8 Å². The Labute approximate surface area is 220 Å². The number of amides is 2. The van der Waals surface area contributed by atoms with Crippen LogP contribution in [-0.2, 0) is 25.8 Å². The standard InChI is InChI=1S/C20H18N8O6S3/c1-2-34-24-12(15-23-20(21)37-25-15)16(30)22-13-17(31)28-14(19(32)33)9(8-36-18(13)28)5-26-6-11-27(3-4-35-11)10(26)7-29/h3-4,6-7,13,18H,2,5,8H2,1H3,(H3-,21,22,23,25,30,32,33)/b24-12-/t13-,18-/m1/s1. The van der Waals surface area contributed by atoms with Crippen LogP contribution in [0.1, 0.15) is 23.4 Å². The summed E-state index contributed by atoms with van der Waals surface area (Å²) in [6.45, 7) is 1.93. The van der Waals surface area contributed by atoms with Crippen molar-refractivity contribution in [1.29, 1.82) is 0 Å². The number of thioether (sulfide) groups is 1. The van der Waals surface area contributed by atoms with E-state index < -0.39 is 29.2 Å². The molecular formula is C20H18N8O6S3. The molecule has 5 rings (SSSR count). The number of hydrogen-bond donors (Lipinski definition) is 2. The Morgan fingerprint density at radius 2 is 2.27 bits per heavy atom. The van der Waals surface area contributed by atoms with Crippen molar-refractivity contribution in [3.8, 4) is 0 Å². The molecule has 0 saturated carbocycles. The minimum Gasteiger partial charge on any atom is -0.543 e. The molecule has 3 aromatic heterocycles. The Bertz CT molecular complexity index is 1490. The number of nitrogens with zero attached hydrogens (tertiary/aromatic N) is 6. The topological polar surface area (TPSA) is 188 Å². The summed E-state index contributed by atoms with van der Waals surface area (Å²) in [5, 5.41) is 19.7. The Kier molecular flexibility index (Phi) is 6.65. The number of oxime groups is 1. The summed E-state index contributed by atoms with van der Waals surface area (Å²) < 4.78 is 7.29. The van der Waals surface area contributed by atoms with Gasteiger partial charge in [-0.25, -0.2) is 4.57 Å². The van der Waals surface area contributed by atoms with Gasteiger partial charge < -0.3 is 25.8 Å². The molecule has 0 spiro atoms. The third-order valence-corrected chi connectivity index (χ3v) is 8.27. The number of fused-ring (bicyclic) bond motifs is 2. The van der Waals surface area contributed by atoms with Gasteiger partial charge in [0.25, 0.3) is 11.8 Å². The Balaban J connectivity index is 1.38. The largest absolute Gasteiger partial charge is 0.543 e. The number of thiazole rings is 1. The molecule has 2 amide bonds. The fraction of sp³-hybridized carbons (Fsp3) is 0.300. The van der Waals surface area contributed by atoms with Crippen molar-refractivity contribution >= 4 is 74.4 Å². The quantitative estimate of drug-likeness (QED) is 0.101. The maximum Gasteiger partial charge on any atom is 0.328 e. The number of carboxylic acid groups (broad SMARTS) is 1. The van der Waals surface area contributed by atoms with Crippen molar-refractivity contribution in [2.75, 3.05) is 18.1 Å². The van der Waals surface area contributed by atoms with Gasteiger partial charge in [-0.05, 0) is 6.92 Å². The first-order valence-corrected chi connectivity index (χ1v) is 13.5. The summed E-state index contributed by atoms with van der Waals surface area (Å²) >= 11 is 3.58. The van der Waals surface area contributed by atoms with E-state index in [4.69, 9.17) is 10.6 Å². The number of β-lactam (4-membered cyclic amide) rings is 1. The zero-order valence-electron chi connectivity index (χ0n) is 19.0. The summed E-state index contributed by atoms with van der Waals surface area (Å²) in [6.07, 6.45) is 4.17. The lowest BCUT2D eigenvalue weighted by molar-refractivity contribution is -0.688. The Hall–Kier alpha value is -3.83. The number of aldehydes is 1. The molecule has 37 heavy (non-hydrogen) atoms. The molecule has 14 nitrogen and oxygen atoms in total. The molecule has 0 aromatic carbocycles. The first kappa shape index (κ1) is 24.8. The number of nitrogen functional groups attached to an aromatic ring is 1. The van der Waals surface area contributed by atoms with E-state index in [-0.39, 0.29) is 41.3 Å². The van der Waals surface area contributed by atoms with E-state index in [1.165, 1.54) is 23.1 Å². The molecule has 1 fully saturated rings. The first-order valence-electron chi connectivity index (χ1n) is 10.8. The normalized spacial score (nSPS) is 19.5. The van der Waals surface area contributed by atoms with Crippen LogP contribution in [-0.4, -0.2) is 72.2 Å². The van der Waals surface area contributed by atoms with Crippen LogP contribution in [0.15, 0.2) is 34.2 Å². The molecule has 2 aliphatic heterocycles. The van der Waals surface area contributed by atoms with Gasteiger partial charge in [-0.15, -0.1) is 11.8 Å². The maximum atomic E-state index is 13.0. The number of nitrogens with one attached hydrogen (secondary N) is 1. The lowest BCUT2D eigenvalue weighted by atomic mass is 10.0. The van der Waals surface area contributed by atoms with Crippen LogP contribution in [0.5, 0.6) is 0 Å². The van der Waals surface area contributed by atoms with Gasteiger partial charge in [0, 0.05) is 28.2 Å². The predicted molar refractivity (Wildman–Crippen MR) is 130 cm³/mol. The lowest BCUT2D eigenvalue weighted by Gasteiger charge is -2.50. The number of anilines is 1. The van der Waals surface area contributed by atoms with Crippen LogP contribution in [0.2, 0.25) is 0 Å². The average molecular weight is 563 g/mol. The molecule has 5 heterocycles. The van der Waals surface area contributed by atoms with Crippen LogP contribution in [0.25, 0.3) is 4.83 Å². The van der Waals surface area contributed by atoms with Crippen molar-refractivity contribution in [2.24, 2.45) is 5.16 Å². The number of carbonyl (C=O) groups is 4. The lowest BCUT2D eigenvalue weighted by Crippen LogP contribution is -2.71. The van der Waals surface area contributed by atoms with E-state index >= 15 is 0 Å². The van der Waals surface area contributed by atoms with E-state index in [1.54, 1.807) is 28.3 Å². The minimum absolute atomic E-state index is 0.0542. The summed E-state index contributed by atoms with van der Waals surface area (Å²) in [7, 11) is 0. The summed E-state index contributed by atoms with van der Waals surface area (Å²) in [5.74, 6) is -2.39. The summed E-state index contributed by atoms with van der Waals surface area (Å²) in [5.41, 5.74) is 5.48. The first-order chi connectivity index (χ1) is 17.8. The molecule has 3 N–H and O–H groups in total. The second-order valence-corrected chi connectivity index (χ2v) is 10.6. The molecule has 192 valence electrons. The van der Waals surface area contributed by atoms with Gasteiger partial charge in [0.15, 0.2) is 5.13 Å². The average Bonchev–Trinajstić information content (AvgIpc) is 3.58. The van der Waals surface area contributed by atoms with Crippen molar-refractivity contribution in [1.82, 2.24) is 24.0 Å². The van der Waals surface area contributed by atoms with E-state index in [0.717, 1.165) is 21.3 Å². The summed E-state index contributed by atoms with van der Waals surface area (Å²) in [6, 6.07) is -1.02. The fourth-order valence-corrected chi connectivity index (χ4v) is 6.56. The van der Waals surface area contributed by atoms with Gasteiger partial charge in [0.05, 0.1) is 11.7 Å². The molecule has 0 unspecified atom stereocenters. The van der Waals surface area contributed by atoms with Gasteiger partial charge in [-0.3, -0.25) is 19.3 Å². The molecular weight excluding hydrogens is 544 g/mol. The molecule has 2 atom stereocenters. The smallest absolute Gasteiger partial charge is 0.328 e. The third-order valence-electron chi connectivity index (χ3n) is 5.59. The predicted octanol–water partition coefficient (Wildman–Crippen LogP) is -1.62. The van der Waals surface area contributed by atoms with E-state index in [0.29, 0.717) is 17.7 Å². The number of carbonyl (C=O) groups excluding carboxylic acids is 4. The number of aromatic nitrogens is 4. The molecule has 17 heteroatoms. The van der Waals surface area contributed by atoms with Gasteiger partial charge in [0.2, 0.25) is 22.7 Å². The van der Waals surface area contributed by atoms with Gasteiger partial charge >= 0.3 is 5.82 Å². The van der Waals surface area contributed by atoms with Crippen molar-refractivity contribution in [2.45, 2.75) is 24.9 Å². The Morgan fingerprint density at radius 1 is 1.46 bits per heavy atom. The fourth-order valence-electron chi connectivity index (χ4n) is 4.01. The number of nitrogens with two attached hydrogens (primary N) is 1. The van der Waals surface area contributed by atoms with Crippen LogP contribution in [0, 0.1) is 0 Å². The number of hydrogen-bond acceptors (Lipinski definition) is 13. The van der Waals surface area contributed by atoms with Gasteiger partial charge in [-0.1, -0.05) is 16.5 Å². The molecule has 1 saturated heterocycles. The van der Waals surface area contributed by atoms with Gasteiger partial charge in [0.1, 0.15) is 37.0 Å². The zero-order chi connectivity index (χ0) is 26.3. The number of carboxylic acids is 1. The highest BCUT2D eigenvalue weighted by molar-refractivity contribution is 8.00. The molecule has 0 radical (unpaired) electrons. The van der Waals surface area contributed by atoms with Crippen molar-refractivity contribution in [3.63, 3.8) is 0 Å². The maximum absolute atomic E-state index is 13.0. The van der Waals surface area contributed by atoms with Crippen molar-refractivity contribution < 1.29 is 33.7 Å². The minimum atomic E-state index is -1.52. The van der Waals surface area contributed by atoms with Crippen molar-refractivity contribution in [3.05, 3.63) is 40.7 Å². The number of rotatable bonds is 9.